The number of rotatable bonds is 2. The number of nitrogens with zero attached hydrogens (tertiary/aromatic N) is 1. The average Bonchev–Trinajstić information content (AvgIpc) is 2.75. The van der Waals surface area contributed by atoms with Gasteiger partial charge in [0.25, 0.3) is 5.56 Å². The molecular weight excluding hydrogens is 346 g/mol. The van der Waals surface area contributed by atoms with E-state index in [2.05, 4.69) is 4.98 Å². The Hall–Kier alpha value is -3.45. The van der Waals surface area contributed by atoms with Crippen LogP contribution in [0.5, 0.6) is 0 Å². The molecule has 0 saturated heterocycles. The number of hydrogen-bond acceptors (Lipinski definition) is 3. The van der Waals surface area contributed by atoms with Crippen LogP contribution in [0.4, 0.5) is 0 Å². The molecule has 0 bridgehead atoms. The van der Waals surface area contributed by atoms with E-state index in [-0.39, 0.29) is 11.1 Å². The van der Waals surface area contributed by atoms with E-state index < -0.39 is 0 Å². The molecule has 4 heteroatoms. The Labute approximate surface area is 165 Å². The first-order valence-electron chi connectivity index (χ1n) is 9.53. The minimum atomic E-state index is -0.363. The van der Waals surface area contributed by atoms with E-state index in [1.807, 2.05) is 72.8 Å². The van der Waals surface area contributed by atoms with Gasteiger partial charge in [-0.3, -0.25) is 4.79 Å². The van der Waals surface area contributed by atoms with Gasteiger partial charge in [0.15, 0.2) is 0 Å². The van der Waals surface area contributed by atoms with Gasteiger partial charge in [-0.05, 0) is 42.9 Å². The highest BCUT2D eigenvalue weighted by Crippen LogP contribution is 2.25. The number of aromatic nitrogens is 1. The highest BCUT2D eigenvalue weighted by molar-refractivity contribution is 5.81. The molecule has 1 aliphatic carbocycles. The third-order valence-corrected chi connectivity index (χ3v) is 4.77. The van der Waals surface area contributed by atoms with E-state index in [0.29, 0.717) is 11.3 Å². The van der Waals surface area contributed by atoms with Crippen LogP contribution in [-0.2, 0) is 0 Å². The number of benzene rings is 2. The maximum Gasteiger partial charge on any atom is 0.266 e. The molecule has 0 aliphatic heterocycles. The highest BCUT2D eigenvalue weighted by Gasteiger charge is 2.11. The molecule has 0 spiro atoms. The van der Waals surface area contributed by atoms with Crippen molar-refractivity contribution in [2.24, 2.45) is 0 Å². The molecule has 4 rings (SSSR count). The standard InChI is InChI=1S/C18H12N2O.C6H11N/c19-12-16-15(13-7-3-1-4-8-13)11-17(20-18(16)21)14-9-5-2-6-10-14;7-6-4-2-1-3-5-6/h1-11H,(H,20,21);7H,1-5H2. The second-order valence-corrected chi connectivity index (χ2v) is 6.81. The Morgan fingerprint density at radius 2 is 1.43 bits per heavy atom. The molecule has 140 valence electrons. The van der Waals surface area contributed by atoms with E-state index in [1.165, 1.54) is 19.3 Å². The molecule has 4 nitrogen and oxygen atoms in total. The third kappa shape index (κ3) is 4.83. The van der Waals surface area contributed by atoms with E-state index in [1.54, 1.807) is 0 Å². The molecule has 2 aromatic carbocycles. The van der Waals surface area contributed by atoms with E-state index >= 15 is 0 Å². The van der Waals surface area contributed by atoms with Crippen molar-refractivity contribution in [2.75, 3.05) is 0 Å². The van der Waals surface area contributed by atoms with Crippen LogP contribution in [0.1, 0.15) is 37.7 Å². The van der Waals surface area contributed by atoms with Gasteiger partial charge in [-0.15, -0.1) is 0 Å². The zero-order chi connectivity index (χ0) is 19.8. The van der Waals surface area contributed by atoms with Crippen molar-refractivity contribution in [3.05, 3.63) is 82.6 Å². The molecule has 2 N–H and O–H groups in total. The van der Waals surface area contributed by atoms with Crippen molar-refractivity contribution in [2.45, 2.75) is 32.1 Å². The van der Waals surface area contributed by atoms with Crippen molar-refractivity contribution in [3.63, 3.8) is 0 Å². The van der Waals surface area contributed by atoms with Crippen LogP contribution in [0, 0.1) is 16.7 Å². The fourth-order valence-corrected chi connectivity index (χ4v) is 3.27. The van der Waals surface area contributed by atoms with Crippen molar-refractivity contribution in [1.29, 1.82) is 10.7 Å². The minimum Gasteiger partial charge on any atom is -0.321 e. The third-order valence-electron chi connectivity index (χ3n) is 4.77. The molecule has 0 atom stereocenters. The van der Waals surface area contributed by atoms with Gasteiger partial charge in [0.1, 0.15) is 11.6 Å². The number of aromatic amines is 1. The van der Waals surface area contributed by atoms with Gasteiger partial charge in [0.05, 0.1) is 0 Å². The number of nitrogens with one attached hydrogen (secondary N) is 2. The van der Waals surface area contributed by atoms with Crippen LogP contribution in [0.2, 0.25) is 0 Å². The minimum absolute atomic E-state index is 0.140. The first kappa shape index (κ1) is 19.3. The maximum atomic E-state index is 12.2. The maximum absolute atomic E-state index is 12.2. The second kappa shape index (κ2) is 9.48. The zero-order valence-electron chi connectivity index (χ0n) is 15.7. The summed E-state index contributed by atoms with van der Waals surface area (Å²) in [6.45, 7) is 0. The van der Waals surface area contributed by atoms with Gasteiger partial charge < -0.3 is 10.4 Å². The smallest absolute Gasteiger partial charge is 0.266 e. The molecule has 0 radical (unpaired) electrons. The monoisotopic (exact) mass is 369 g/mol. The normalized spacial score (nSPS) is 13.2. The average molecular weight is 369 g/mol. The molecule has 1 aliphatic rings. The summed E-state index contributed by atoms with van der Waals surface area (Å²) in [6.07, 6.45) is 6.01. The molecule has 1 aromatic heterocycles. The van der Waals surface area contributed by atoms with Crippen molar-refractivity contribution >= 4 is 5.71 Å². The lowest BCUT2D eigenvalue weighted by molar-refractivity contribution is 0.663. The second-order valence-electron chi connectivity index (χ2n) is 6.81. The SMILES string of the molecule is N#Cc1c(-c2ccccc2)cc(-c2ccccc2)[nH]c1=O.N=C1CCCCC1. The molecule has 28 heavy (non-hydrogen) atoms. The highest BCUT2D eigenvalue weighted by atomic mass is 16.1. The largest absolute Gasteiger partial charge is 0.321 e. The van der Waals surface area contributed by atoms with Crippen molar-refractivity contribution in [3.8, 4) is 28.5 Å². The fourth-order valence-electron chi connectivity index (χ4n) is 3.27. The number of nitriles is 1. The van der Waals surface area contributed by atoms with E-state index in [9.17, 15) is 10.1 Å². The summed E-state index contributed by atoms with van der Waals surface area (Å²) in [5.74, 6) is 0. The first-order valence-corrected chi connectivity index (χ1v) is 9.53. The van der Waals surface area contributed by atoms with Crippen LogP contribution in [0.25, 0.3) is 22.4 Å². The lowest BCUT2D eigenvalue weighted by Gasteiger charge is -2.08. The fraction of sp³-hybridized carbons (Fsp3) is 0.208. The summed E-state index contributed by atoms with van der Waals surface area (Å²) < 4.78 is 0. The zero-order valence-corrected chi connectivity index (χ0v) is 15.7. The molecule has 1 saturated carbocycles. The Kier molecular flexibility index (Phi) is 6.54. The summed E-state index contributed by atoms with van der Waals surface area (Å²) >= 11 is 0. The summed E-state index contributed by atoms with van der Waals surface area (Å²) in [7, 11) is 0. The van der Waals surface area contributed by atoms with E-state index in [0.717, 1.165) is 29.7 Å². The molecular formula is C24H23N3O. The Balaban J connectivity index is 0.000000271. The molecule has 0 amide bonds. The van der Waals surface area contributed by atoms with Crippen molar-refractivity contribution in [1.82, 2.24) is 4.98 Å². The van der Waals surface area contributed by atoms with Crippen LogP contribution in [-0.4, -0.2) is 10.7 Å². The first-order chi connectivity index (χ1) is 13.7. The number of H-pyrrole nitrogens is 1. The lowest BCUT2D eigenvalue weighted by atomic mass is 9.99. The predicted molar refractivity (Wildman–Crippen MR) is 113 cm³/mol. The van der Waals surface area contributed by atoms with Gasteiger partial charge in [-0.25, -0.2) is 0 Å². The van der Waals surface area contributed by atoms with Gasteiger partial charge >= 0.3 is 0 Å². The molecule has 0 unspecified atom stereocenters. The number of hydrogen-bond donors (Lipinski definition) is 2. The summed E-state index contributed by atoms with van der Waals surface area (Å²) in [5.41, 5.74) is 3.87. The van der Waals surface area contributed by atoms with Crippen LogP contribution in [0.15, 0.2) is 71.5 Å². The summed E-state index contributed by atoms with van der Waals surface area (Å²) in [5, 5.41) is 16.4. The van der Waals surface area contributed by atoms with Crippen LogP contribution in [0.3, 0.4) is 0 Å². The van der Waals surface area contributed by atoms with E-state index in [4.69, 9.17) is 5.41 Å². The molecule has 3 aromatic rings. The Morgan fingerprint density at radius 1 is 0.857 bits per heavy atom. The Bertz CT molecular complexity index is 1020. The van der Waals surface area contributed by atoms with Crippen LogP contribution >= 0.6 is 0 Å². The number of pyridine rings is 1. The van der Waals surface area contributed by atoms with Gasteiger partial charge in [-0.1, -0.05) is 67.1 Å². The summed E-state index contributed by atoms with van der Waals surface area (Å²) in [4.78, 5) is 14.9. The van der Waals surface area contributed by atoms with Gasteiger partial charge in [0.2, 0.25) is 0 Å². The van der Waals surface area contributed by atoms with Gasteiger partial charge in [0, 0.05) is 17.0 Å². The van der Waals surface area contributed by atoms with Crippen LogP contribution < -0.4 is 5.56 Å². The Morgan fingerprint density at radius 3 is 1.93 bits per heavy atom. The van der Waals surface area contributed by atoms with Gasteiger partial charge in [-0.2, -0.15) is 5.26 Å². The molecule has 1 heterocycles. The quantitative estimate of drug-likeness (QED) is 0.621. The summed E-state index contributed by atoms with van der Waals surface area (Å²) in [6, 6.07) is 22.9. The predicted octanol–water partition coefficient (Wildman–Crippen LogP) is 5.55. The lowest BCUT2D eigenvalue weighted by Crippen LogP contribution is -2.12. The van der Waals surface area contributed by atoms with Crippen molar-refractivity contribution < 1.29 is 0 Å². The topological polar surface area (TPSA) is 80.5 Å². The molecule has 1 fully saturated rings.